The highest BCUT2D eigenvalue weighted by Gasteiger charge is 2.11. The van der Waals surface area contributed by atoms with E-state index >= 15 is 0 Å². The van der Waals surface area contributed by atoms with E-state index in [4.69, 9.17) is 5.73 Å². The summed E-state index contributed by atoms with van der Waals surface area (Å²) < 4.78 is 0. The minimum atomic E-state index is -0.227. The van der Waals surface area contributed by atoms with Crippen molar-refractivity contribution in [3.8, 4) is 0 Å². The van der Waals surface area contributed by atoms with E-state index in [2.05, 4.69) is 0 Å². The minimum Gasteiger partial charge on any atom is -0.393 e. The Morgan fingerprint density at radius 1 is 1.40 bits per heavy atom. The van der Waals surface area contributed by atoms with Crippen molar-refractivity contribution < 1.29 is 5.11 Å². The molecule has 0 amide bonds. The fraction of sp³-hybridized carbons (Fsp3) is 1.00. The Morgan fingerprint density at radius 3 is 2.20 bits per heavy atom. The fourth-order valence-electron chi connectivity index (χ4n) is 0.749. The molecule has 0 unspecified atom stereocenters. The van der Waals surface area contributed by atoms with Gasteiger partial charge in [-0.2, -0.15) is 0 Å². The molecule has 62 valence electrons. The Bertz CT molecular complexity index is 83.3. The third kappa shape index (κ3) is 3.85. The molecular formula is C8H19NO. The number of aliphatic hydroxyl groups excluding tert-OH is 1. The van der Waals surface area contributed by atoms with Gasteiger partial charge in [-0.1, -0.05) is 20.8 Å². The molecule has 0 saturated carbocycles. The van der Waals surface area contributed by atoms with Crippen molar-refractivity contribution in [3.63, 3.8) is 0 Å². The summed E-state index contributed by atoms with van der Waals surface area (Å²) in [6, 6.07) is 0.164. The summed E-state index contributed by atoms with van der Waals surface area (Å²) >= 11 is 0. The molecule has 0 heterocycles. The van der Waals surface area contributed by atoms with Crippen molar-refractivity contribution in [1.29, 1.82) is 0 Å². The molecule has 0 aromatic rings. The number of nitrogens with two attached hydrogens (primary N) is 1. The zero-order chi connectivity index (χ0) is 8.15. The van der Waals surface area contributed by atoms with E-state index in [1.165, 1.54) is 0 Å². The molecule has 0 aliphatic carbocycles. The van der Waals surface area contributed by atoms with E-state index in [9.17, 15) is 5.11 Å². The van der Waals surface area contributed by atoms with Gasteiger partial charge in [-0.15, -0.1) is 0 Å². The monoisotopic (exact) mass is 145 g/mol. The molecule has 2 heteroatoms. The summed E-state index contributed by atoms with van der Waals surface area (Å²) in [5.74, 6) is 0.331. The van der Waals surface area contributed by atoms with Gasteiger partial charge in [-0.25, -0.2) is 0 Å². The summed E-state index contributed by atoms with van der Waals surface area (Å²) in [7, 11) is 0. The lowest BCUT2D eigenvalue weighted by Crippen LogP contribution is -2.28. The average molecular weight is 145 g/mol. The zero-order valence-corrected chi connectivity index (χ0v) is 7.17. The van der Waals surface area contributed by atoms with Crippen molar-refractivity contribution in [2.45, 2.75) is 45.8 Å². The van der Waals surface area contributed by atoms with Crippen LogP contribution in [-0.2, 0) is 0 Å². The number of rotatable bonds is 4. The first-order chi connectivity index (χ1) is 4.57. The Morgan fingerprint density at radius 2 is 1.90 bits per heavy atom. The second-order valence-electron chi connectivity index (χ2n) is 3.22. The van der Waals surface area contributed by atoms with Crippen LogP contribution in [0.3, 0.4) is 0 Å². The third-order valence-corrected chi connectivity index (χ3v) is 1.84. The van der Waals surface area contributed by atoms with E-state index in [0.29, 0.717) is 5.92 Å². The van der Waals surface area contributed by atoms with Crippen molar-refractivity contribution in [1.82, 2.24) is 0 Å². The van der Waals surface area contributed by atoms with Crippen LogP contribution in [0.2, 0.25) is 0 Å². The molecule has 0 rings (SSSR count). The van der Waals surface area contributed by atoms with Gasteiger partial charge in [0.15, 0.2) is 0 Å². The van der Waals surface area contributed by atoms with Crippen molar-refractivity contribution in [2.75, 3.05) is 0 Å². The SMILES string of the molecule is CC[C@H](N)C[C@H](O)C(C)C. The topological polar surface area (TPSA) is 46.2 Å². The zero-order valence-electron chi connectivity index (χ0n) is 7.17. The highest BCUT2D eigenvalue weighted by atomic mass is 16.3. The molecule has 0 aromatic heterocycles. The van der Waals surface area contributed by atoms with Crippen molar-refractivity contribution >= 4 is 0 Å². The molecule has 0 radical (unpaired) electrons. The molecule has 3 N–H and O–H groups in total. The minimum absolute atomic E-state index is 0.164. The summed E-state index contributed by atoms with van der Waals surface area (Å²) in [6.45, 7) is 6.05. The van der Waals surface area contributed by atoms with E-state index < -0.39 is 0 Å². The Labute approximate surface area is 63.4 Å². The van der Waals surface area contributed by atoms with Gasteiger partial charge in [0, 0.05) is 6.04 Å². The van der Waals surface area contributed by atoms with Crippen molar-refractivity contribution in [2.24, 2.45) is 11.7 Å². The first-order valence-electron chi connectivity index (χ1n) is 4.01. The van der Waals surface area contributed by atoms with Crippen LogP contribution in [0, 0.1) is 5.92 Å². The largest absolute Gasteiger partial charge is 0.393 e. The molecule has 10 heavy (non-hydrogen) atoms. The van der Waals surface area contributed by atoms with Gasteiger partial charge in [0.25, 0.3) is 0 Å². The maximum atomic E-state index is 9.35. The number of aliphatic hydroxyl groups is 1. The van der Waals surface area contributed by atoms with Crippen molar-refractivity contribution in [3.05, 3.63) is 0 Å². The van der Waals surface area contributed by atoms with Crippen LogP contribution < -0.4 is 5.73 Å². The van der Waals surface area contributed by atoms with Gasteiger partial charge in [0.05, 0.1) is 6.10 Å². The molecule has 0 saturated heterocycles. The quantitative estimate of drug-likeness (QED) is 0.623. The summed E-state index contributed by atoms with van der Waals surface area (Å²) in [5, 5.41) is 9.35. The van der Waals surface area contributed by atoms with Crippen LogP contribution in [-0.4, -0.2) is 17.3 Å². The van der Waals surface area contributed by atoms with Crippen LogP contribution in [0.5, 0.6) is 0 Å². The highest BCUT2D eigenvalue weighted by molar-refractivity contribution is 4.67. The molecule has 0 aromatic carbocycles. The van der Waals surface area contributed by atoms with Gasteiger partial charge in [0.1, 0.15) is 0 Å². The van der Waals surface area contributed by atoms with Crippen LogP contribution in [0.1, 0.15) is 33.6 Å². The van der Waals surface area contributed by atoms with Crippen LogP contribution >= 0.6 is 0 Å². The van der Waals surface area contributed by atoms with Gasteiger partial charge in [0.2, 0.25) is 0 Å². The molecule has 0 fully saturated rings. The normalized spacial score (nSPS) is 17.4. The van der Waals surface area contributed by atoms with E-state index in [0.717, 1.165) is 12.8 Å². The predicted molar refractivity (Wildman–Crippen MR) is 43.7 cm³/mol. The summed E-state index contributed by atoms with van der Waals surface area (Å²) in [4.78, 5) is 0. The Balaban J connectivity index is 3.46. The maximum absolute atomic E-state index is 9.35. The van der Waals surface area contributed by atoms with Crippen LogP contribution in [0.4, 0.5) is 0 Å². The molecule has 0 spiro atoms. The molecule has 0 bridgehead atoms. The molecular weight excluding hydrogens is 126 g/mol. The number of hydrogen-bond donors (Lipinski definition) is 2. The number of hydrogen-bond acceptors (Lipinski definition) is 2. The summed E-state index contributed by atoms with van der Waals surface area (Å²) in [5.41, 5.74) is 5.65. The lowest BCUT2D eigenvalue weighted by molar-refractivity contribution is 0.108. The van der Waals surface area contributed by atoms with E-state index in [1.807, 2.05) is 20.8 Å². The fourth-order valence-corrected chi connectivity index (χ4v) is 0.749. The standard InChI is InChI=1S/C8H19NO/c1-4-7(9)5-8(10)6(2)3/h6-8,10H,4-5,9H2,1-3H3/t7-,8-/m0/s1. The molecule has 2 atom stereocenters. The molecule has 0 aliphatic heterocycles. The maximum Gasteiger partial charge on any atom is 0.0577 e. The van der Waals surface area contributed by atoms with Gasteiger partial charge in [-0.3, -0.25) is 0 Å². The lowest BCUT2D eigenvalue weighted by Gasteiger charge is -2.17. The Hall–Kier alpha value is -0.0800. The molecule has 0 aliphatic rings. The predicted octanol–water partition coefficient (Wildman–Crippen LogP) is 1.13. The van der Waals surface area contributed by atoms with Gasteiger partial charge in [-0.05, 0) is 18.8 Å². The Kier molecular flexibility index (Phi) is 4.65. The van der Waals surface area contributed by atoms with Crippen LogP contribution in [0.25, 0.3) is 0 Å². The highest BCUT2D eigenvalue weighted by Crippen LogP contribution is 2.08. The van der Waals surface area contributed by atoms with E-state index in [-0.39, 0.29) is 12.1 Å². The first-order valence-corrected chi connectivity index (χ1v) is 4.01. The second-order valence-corrected chi connectivity index (χ2v) is 3.22. The third-order valence-electron chi connectivity index (χ3n) is 1.84. The summed E-state index contributed by atoms with van der Waals surface area (Å²) in [6.07, 6.45) is 1.45. The van der Waals surface area contributed by atoms with Gasteiger partial charge >= 0.3 is 0 Å². The lowest BCUT2D eigenvalue weighted by atomic mass is 9.99. The van der Waals surface area contributed by atoms with Crippen LogP contribution in [0.15, 0.2) is 0 Å². The molecule has 2 nitrogen and oxygen atoms in total. The van der Waals surface area contributed by atoms with E-state index in [1.54, 1.807) is 0 Å². The average Bonchev–Trinajstić information content (AvgIpc) is 1.87. The smallest absolute Gasteiger partial charge is 0.0577 e. The second kappa shape index (κ2) is 4.69. The van der Waals surface area contributed by atoms with Gasteiger partial charge < -0.3 is 10.8 Å². The first kappa shape index (κ1) is 9.92.